The highest BCUT2D eigenvalue weighted by atomic mass is 16.5. The number of hydrazine groups is 1. The van der Waals surface area contributed by atoms with E-state index in [0.717, 1.165) is 31.2 Å². The molecule has 1 aromatic carbocycles. The molecule has 2 fully saturated rings. The molecule has 7 heteroatoms. The Morgan fingerprint density at radius 2 is 2.15 bits per heavy atom. The average Bonchev–Trinajstić information content (AvgIpc) is 3.14. The van der Waals surface area contributed by atoms with Crippen LogP contribution in [-0.2, 0) is 4.79 Å². The van der Waals surface area contributed by atoms with Crippen LogP contribution < -0.4 is 20.3 Å². The fourth-order valence-corrected chi connectivity index (χ4v) is 3.97. The van der Waals surface area contributed by atoms with Crippen LogP contribution in [0.25, 0.3) is 0 Å². The van der Waals surface area contributed by atoms with Gasteiger partial charge in [0.15, 0.2) is 24.4 Å². The lowest BCUT2D eigenvalue weighted by Crippen LogP contribution is -2.36. The lowest BCUT2D eigenvalue weighted by atomic mass is 9.73. The van der Waals surface area contributed by atoms with E-state index in [0.29, 0.717) is 34.9 Å². The number of likely N-dealkylation sites (N-methyl/N-ethyl adjacent to an activating group) is 1. The first-order valence-corrected chi connectivity index (χ1v) is 9.03. The number of fused-ring (bicyclic) bond motifs is 1. The van der Waals surface area contributed by atoms with Gasteiger partial charge in [-0.15, -0.1) is 0 Å². The standard InChI is InChI=1S/C19H27N3O4/c1-22(2)18(24)11-26-19-13(10-23)7-12(8-17(19)25-3)14-5-4-6-16-15(14)9-20-21-16/h7-8,10,14-16,20-21H,4-6,9,11H2,1-3H3. The average molecular weight is 361 g/mol. The van der Waals surface area contributed by atoms with Gasteiger partial charge in [-0.25, -0.2) is 0 Å². The minimum absolute atomic E-state index is 0.133. The van der Waals surface area contributed by atoms with Crippen molar-refractivity contribution in [3.8, 4) is 11.5 Å². The second-order valence-electron chi connectivity index (χ2n) is 7.17. The van der Waals surface area contributed by atoms with Gasteiger partial charge in [0.05, 0.1) is 12.7 Å². The summed E-state index contributed by atoms with van der Waals surface area (Å²) in [5.74, 6) is 1.51. The fraction of sp³-hybridized carbons (Fsp3) is 0.579. The first kappa shape index (κ1) is 18.7. The fourth-order valence-electron chi connectivity index (χ4n) is 3.97. The van der Waals surface area contributed by atoms with Gasteiger partial charge in [-0.1, -0.05) is 6.42 Å². The smallest absolute Gasteiger partial charge is 0.259 e. The Kier molecular flexibility index (Phi) is 5.78. The van der Waals surface area contributed by atoms with Crippen LogP contribution in [0.1, 0.15) is 41.1 Å². The van der Waals surface area contributed by atoms with Crippen molar-refractivity contribution >= 4 is 12.2 Å². The number of methoxy groups -OCH3 is 1. The van der Waals surface area contributed by atoms with Crippen molar-refractivity contribution in [3.63, 3.8) is 0 Å². The highest BCUT2D eigenvalue weighted by Crippen LogP contribution is 2.42. The number of ether oxygens (including phenoxy) is 2. The minimum atomic E-state index is -0.175. The molecule has 1 aliphatic carbocycles. The molecule has 1 saturated heterocycles. The number of amides is 1. The van der Waals surface area contributed by atoms with Crippen LogP contribution in [-0.4, -0.2) is 57.5 Å². The van der Waals surface area contributed by atoms with E-state index >= 15 is 0 Å². The molecule has 26 heavy (non-hydrogen) atoms. The van der Waals surface area contributed by atoms with Crippen molar-refractivity contribution in [2.45, 2.75) is 31.2 Å². The highest BCUT2D eigenvalue weighted by Gasteiger charge is 2.37. The summed E-state index contributed by atoms with van der Waals surface area (Å²) in [5.41, 5.74) is 8.13. The van der Waals surface area contributed by atoms with Crippen molar-refractivity contribution in [3.05, 3.63) is 23.3 Å². The molecule has 1 heterocycles. The third kappa shape index (κ3) is 3.68. The predicted molar refractivity (Wildman–Crippen MR) is 97.6 cm³/mol. The van der Waals surface area contributed by atoms with E-state index in [9.17, 15) is 9.59 Å². The first-order valence-electron chi connectivity index (χ1n) is 9.03. The molecular weight excluding hydrogens is 334 g/mol. The molecule has 0 spiro atoms. The molecule has 142 valence electrons. The van der Waals surface area contributed by atoms with Crippen LogP contribution in [0, 0.1) is 5.92 Å². The first-order chi connectivity index (χ1) is 12.5. The van der Waals surface area contributed by atoms with E-state index in [1.807, 2.05) is 12.1 Å². The third-order valence-electron chi connectivity index (χ3n) is 5.41. The van der Waals surface area contributed by atoms with Crippen molar-refractivity contribution in [1.29, 1.82) is 0 Å². The second kappa shape index (κ2) is 8.05. The Balaban J connectivity index is 1.88. The zero-order chi connectivity index (χ0) is 18.7. The Morgan fingerprint density at radius 1 is 1.35 bits per heavy atom. The summed E-state index contributed by atoms with van der Waals surface area (Å²) in [7, 11) is 4.88. The van der Waals surface area contributed by atoms with Crippen molar-refractivity contribution in [2.24, 2.45) is 5.92 Å². The summed E-state index contributed by atoms with van der Waals surface area (Å²) in [6.45, 7) is 0.787. The van der Waals surface area contributed by atoms with Gasteiger partial charge >= 0.3 is 0 Å². The molecular formula is C19H27N3O4. The Morgan fingerprint density at radius 3 is 2.85 bits per heavy atom. The van der Waals surface area contributed by atoms with E-state index in [-0.39, 0.29) is 12.5 Å². The second-order valence-corrected chi connectivity index (χ2v) is 7.17. The lowest BCUT2D eigenvalue weighted by molar-refractivity contribution is -0.130. The van der Waals surface area contributed by atoms with Crippen LogP contribution in [0.5, 0.6) is 11.5 Å². The molecule has 1 aliphatic heterocycles. The van der Waals surface area contributed by atoms with Crippen LogP contribution in [0.3, 0.4) is 0 Å². The molecule has 3 rings (SSSR count). The number of hydrogen-bond acceptors (Lipinski definition) is 6. The molecule has 3 unspecified atom stereocenters. The number of nitrogens with one attached hydrogen (secondary N) is 2. The van der Waals surface area contributed by atoms with E-state index in [4.69, 9.17) is 9.47 Å². The largest absolute Gasteiger partial charge is 0.493 e. The Labute approximate surface area is 154 Å². The molecule has 1 aromatic rings. The summed E-state index contributed by atoms with van der Waals surface area (Å²) in [6.07, 6.45) is 4.17. The van der Waals surface area contributed by atoms with Crippen LogP contribution in [0.15, 0.2) is 12.1 Å². The van der Waals surface area contributed by atoms with Gasteiger partial charge in [0, 0.05) is 26.7 Å². The summed E-state index contributed by atoms with van der Waals surface area (Å²) < 4.78 is 11.1. The molecule has 0 aromatic heterocycles. The maximum absolute atomic E-state index is 11.8. The van der Waals surface area contributed by atoms with E-state index in [1.165, 1.54) is 11.3 Å². The van der Waals surface area contributed by atoms with Crippen LogP contribution >= 0.6 is 0 Å². The number of hydrogen-bond donors (Lipinski definition) is 2. The number of rotatable bonds is 6. The molecule has 2 N–H and O–H groups in total. The van der Waals surface area contributed by atoms with Gasteiger partial charge < -0.3 is 14.4 Å². The Hall–Kier alpha value is -2.12. The van der Waals surface area contributed by atoms with Gasteiger partial charge in [-0.05, 0) is 42.4 Å². The molecule has 1 amide bonds. The van der Waals surface area contributed by atoms with Gasteiger partial charge in [-0.2, -0.15) is 0 Å². The van der Waals surface area contributed by atoms with E-state index in [2.05, 4.69) is 10.9 Å². The van der Waals surface area contributed by atoms with Gasteiger partial charge in [0.1, 0.15) is 0 Å². The molecule has 2 aliphatic rings. The van der Waals surface area contributed by atoms with Gasteiger partial charge in [0.2, 0.25) is 0 Å². The number of carbonyl (C=O) groups is 2. The van der Waals surface area contributed by atoms with Crippen molar-refractivity contribution in [2.75, 3.05) is 34.4 Å². The summed E-state index contributed by atoms with van der Waals surface area (Å²) in [4.78, 5) is 24.9. The number of benzene rings is 1. The van der Waals surface area contributed by atoms with E-state index in [1.54, 1.807) is 21.2 Å². The number of aldehydes is 1. The summed E-state index contributed by atoms with van der Waals surface area (Å²) in [6, 6.07) is 4.30. The van der Waals surface area contributed by atoms with E-state index < -0.39 is 0 Å². The summed E-state index contributed by atoms with van der Waals surface area (Å²) >= 11 is 0. The SMILES string of the molecule is COc1cc(C2CCCC3NNCC32)cc(C=O)c1OCC(=O)N(C)C. The number of carbonyl (C=O) groups excluding carboxylic acids is 2. The highest BCUT2D eigenvalue weighted by molar-refractivity contribution is 5.83. The van der Waals surface area contributed by atoms with Crippen molar-refractivity contribution < 1.29 is 19.1 Å². The van der Waals surface area contributed by atoms with Crippen LogP contribution in [0.4, 0.5) is 0 Å². The monoisotopic (exact) mass is 361 g/mol. The minimum Gasteiger partial charge on any atom is -0.493 e. The third-order valence-corrected chi connectivity index (χ3v) is 5.41. The molecule has 3 atom stereocenters. The van der Waals surface area contributed by atoms with Gasteiger partial charge in [-0.3, -0.25) is 20.4 Å². The Bertz CT molecular complexity index is 677. The summed E-state index contributed by atoms with van der Waals surface area (Å²) in [5, 5.41) is 0. The van der Waals surface area contributed by atoms with Gasteiger partial charge in [0.25, 0.3) is 5.91 Å². The zero-order valence-corrected chi connectivity index (χ0v) is 15.6. The molecule has 1 saturated carbocycles. The predicted octanol–water partition coefficient (Wildman–Crippen LogP) is 1.33. The number of nitrogens with zero attached hydrogens (tertiary/aromatic N) is 1. The lowest BCUT2D eigenvalue weighted by Gasteiger charge is -2.33. The maximum atomic E-state index is 11.8. The molecule has 7 nitrogen and oxygen atoms in total. The normalized spacial score (nSPS) is 24.7. The molecule has 0 radical (unpaired) electrons. The topological polar surface area (TPSA) is 79.9 Å². The van der Waals surface area contributed by atoms with Crippen molar-refractivity contribution in [1.82, 2.24) is 15.8 Å². The zero-order valence-electron chi connectivity index (χ0n) is 15.6. The maximum Gasteiger partial charge on any atom is 0.259 e. The molecule has 0 bridgehead atoms. The quantitative estimate of drug-likeness (QED) is 0.745. The van der Waals surface area contributed by atoms with Crippen LogP contribution in [0.2, 0.25) is 0 Å².